The van der Waals surface area contributed by atoms with Crippen LogP contribution in [0.1, 0.15) is 56.0 Å². The Bertz CT molecular complexity index is 726. The Labute approximate surface area is 141 Å². The van der Waals surface area contributed by atoms with Gasteiger partial charge >= 0.3 is 5.97 Å². The van der Waals surface area contributed by atoms with E-state index in [1.54, 1.807) is 0 Å². The number of aryl methyl sites for hydroxylation is 1. The third-order valence-corrected chi connectivity index (χ3v) is 4.39. The zero-order valence-electron chi connectivity index (χ0n) is 14.3. The topological polar surface area (TPSA) is 77.2 Å². The number of benzene rings is 1. The number of carbonyl (C=O) groups excluding carboxylic acids is 1. The normalized spacial score (nSPS) is 19.5. The van der Waals surface area contributed by atoms with Gasteiger partial charge in [0.1, 0.15) is 5.54 Å². The first-order valence-electron chi connectivity index (χ1n) is 8.39. The van der Waals surface area contributed by atoms with E-state index >= 15 is 0 Å². The maximum Gasteiger partial charge on any atom is 0.331 e. The first kappa shape index (κ1) is 16.6. The molecule has 0 saturated carbocycles. The molecule has 0 saturated heterocycles. The average molecular weight is 329 g/mol. The van der Waals surface area contributed by atoms with Crippen molar-refractivity contribution in [2.45, 2.75) is 51.6 Å². The van der Waals surface area contributed by atoms with Crippen LogP contribution in [-0.4, -0.2) is 22.8 Å². The van der Waals surface area contributed by atoms with Crippen LogP contribution in [-0.2, 0) is 28.0 Å². The zero-order valence-corrected chi connectivity index (χ0v) is 14.3. The summed E-state index contributed by atoms with van der Waals surface area (Å²) in [5, 5.41) is 11.4. The summed E-state index contributed by atoms with van der Waals surface area (Å²) in [4.78, 5) is 12.7. The zero-order chi connectivity index (χ0) is 17.2. The van der Waals surface area contributed by atoms with Crippen molar-refractivity contribution in [1.82, 2.24) is 15.5 Å². The van der Waals surface area contributed by atoms with Gasteiger partial charge in [0.15, 0.2) is 0 Å². The molecular formula is C18H23N3O3. The molecule has 0 bridgehead atoms. The number of hydrogen-bond acceptors (Lipinski definition) is 6. The molecule has 128 valence electrons. The second-order valence-corrected chi connectivity index (χ2v) is 6.33. The minimum Gasteiger partial charge on any atom is -0.464 e. The van der Waals surface area contributed by atoms with Crippen LogP contribution in [0.5, 0.6) is 0 Å². The molecule has 0 radical (unpaired) electrons. The maximum absolute atomic E-state index is 12.7. The van der Waals surface area contributed by atoms with E-state index < -0.39 is 5.54 Å². The SMILES string of the molecule is CCOC(=O)[C@]1(NCc2nnc(C(C)C)o2)CCc2ccccc21. The molecule has 6 nitrogen and oxygen atoms in total. The van der Waals surface area contributed by atoms with Crippen molar-refractivity contribution < 1.29 is 13.9 Å². The van der Waals surface area contributed by atoms with Gasteiger partial charge in [-0.15, -0.1) is 10.2 Å². The number of fused-ring (bicyclic) bond motifs is 1. The average Bonchev–Trinajstić information content (AvgIpc) is 3.19. The number of hydrogen-bond donors (Lipinski definition) is 1. The summed E-state index contributed by atoms with van der Waals surface area (Å²) < 4.78 is 11.0. The van der Waals surface area contributed by atoms with Gasteiger partial charge in [-0.2, -0.15) is 0 Å². The van der Waals surface area contributed by atoms with E-state index in [1.807, 2.05) is 39.0 Å². The monoisotopic (exact) mass is 329 g/mol. The minimum absolute atomic E-state index is 0.178. The first-order chi connectivity index (χ1) is 11.6. The lowest BCUT2D eigenvalue weighted by Crippen LogP contribution is -2.48. The molecule has 1 aromatic carbocycles. The number of ether oxygens (including phenoxy) is 1. The predicted octanol–water partition coefficient (Wildman–Crippen LogP) is 2.69. The van der Waals surface area contributed by atoms with Gasteiger partial charge < -0.3 is 9.15 Å². The fourth-order valence-corrected chi connectivity index (χ4v) is 3.13. The highest BCUT2D eigenvalue weighted by Crippen LogP contribution is 2.38. The molecule has 0 unspecified atom stereocenters. The van der Waals surface area contributed by atoms with E-state index in [9.17, 15) is 4.79 Å². The van der Waals surface area contributed by atoms with E-state index in [0.717, 1.165) is 12.0 Å². The van der Waals surface area contributed by atoms with Gasteiger partial charge in [0.2, 0.25) is 11.8 Å². The van der Waals surface area contributed by atoms with Crippen LogP contribution in [0.2, 0.25) is 0 Å². The highest BCUT2D eigenvalue weighted by atomic mass is 16.5. The summed E-state index contributed by atoms with van der Waals surface area (Å²) in [6, 6.07) is 7.98. The molecule has 1 aliphatic rings. The molecule has 0 amide bonds. The molecule has 0 spiro atoms. The Kier molecular flexibility index (Phi) is 4.66. The predicted molar refractivity (Wildman–Crippen MR) is 88.3 cm³/mol. The highest BCUT2D eigenvalue weighted by molar-refractivity contribution is 5.84. The van der Waals surface area contributed by atoms with Crippen molar-refractivity contribution in [1.29, 1.82) is 0 Å². The molecule has 2 aromatic rings. The molecule has 6 heteroatoms. The molecule has 0 aliphatic heterocycles. The molecule has 24 heavy (non-hydrogen) atoms. The van der Waals surface area contributed by atoms with Crippen LogP contribution in [0.4, 0.5) is 0 Å². The third-order valence-electron chi connectivity index (χ3n) is 4.39. The van der Waals surface area contributed by atoms with Gasteiger partial charge in [-0.25, -0.2) is 4.79 Å². The van der Waals surface area contributed by atoms with Gasteiger partial charge in [0, 0.05) is 5.92 Å². The van der Waals surface area contributed by atoms with E-state index in [4.69, 9.17) is 9.15 Å². The van der Waals surface area contributed by atoms with E-state index in [2.05, 4.69) is 21.6 Å². The summed E-state index contributed by atoms with van der Waals surface area (Å²) in [5.74, 6) is 1.01. The Morgan fingerprint density at radius 1 is 1.38 bits per heavy atom. The van der Waals surface area contributed by atoms with Crippen LogP contribution in [0.15, 0.2) is 28.7 Å². The van der Waals surface area contributed by atoms with Crippen LogP contribution >= 0.6 is 0 Å². The first-order valence-corrected chi connectivity index (χ1v) is 8.39. The molecule has 1 aliphatic carbocycles. The number of esters is 1. The number of rotatable bonds is 6. The van der Waals surface area contributed by atoms with Crippen LogP contribution < -0.4 is 5.32 Å². The molecule has 1 N–H and O–H groups in total. The molecule has 0 fully saturated rings. The fourth-order valence-electron chi connectivity index (χ4n) is 3.13. The lowest BCUT2D eigenvalue weighted by Gasteiger charge is -2.28. The van der Waals surface area contributed by atoms with Crippen molar-refractivity contribution in [2.75, 3.05) is 6.61 Å². The summed E-state index contributed by atoms with van der Waals surface area (Å²) in [7, 11) is 0. The minimum atomic E-state index is -0.848. The molecule has 1 aromatic heterocycles. The summed E-state index contributed by atoms with van der Waals surface area (Å²) in [6.07, 6.45) is 1.50. The smallest absolute Gasteiger partial charge is 0.331 e. The number of aromatic nitrogens is 2. The Morgan fingerprint density at radius 2 is 2.17 bits per heavy atom. The van der Waals surface area contributed by atoms with Gasteiger partial charge in [0.05, 0.1) is 13.2 Å². The summed E-state index contributed by atoms with van der Waals surface area (Å²) in [6.45, 7) is 6.49. The number of carbonyl (C=O) groups is 1. The summed E-state index contributed by atoms with van der Waals surface area (Å²) >= 11 is 0. The second kappa shape index (κ2) is 6.73. The van der Waals surface area contributed by atoms with Crippen molar-refractivity contribution in [3.63, 3.8) is 0 Å². The molecular weight excluding hydrogens is 306 g/mol. The van der Waals surface area contributed by atoms with Crippen LogP contribution in [0.3, 0.4) is 0 Å². The Morgan fingerprint density at radius 3 is 2.88 bits per heavy atom. The molecule has 1 heterocycles. The largest absolute Gasteiger partial charge is 0.464 e. The van der Waals surface area contributed by atoms with Gasteiger partial charge in [-0.1, -0.05) is 38.1 Å². The molecule has 3 rings (SSSR count). The van der Waals surface area contributed by atoms with Crippen molar-refractivity contribution in [3.05, 3.63) is 47.2 Å². The van der Waals surface area contributed by atoms with E-state index in [1.165, 1.54) is 5.56 Å². The van der Waals surface area contributed by atoms with E-state index in [-0.39, 0.29) is 11.9 Å². The van der Waals surface area contributed by atoms with Gasteiger partial charge in [0.25, 0.3) is 0 Å². The Hall–Kier alpha value is -2.21. The number of nitrogens with zero attached hydrogens (tertiary/aromatic N) is 2. The number of nitrogens with one attached hydrogen (secondary N) is 1. The van der Waals surface area contributed by atoms with Gasteiger partial charge in [-0.3, -0.25) is 5.32 Å². The van der Waals surface area contributed by atoms with Crippen molar-refractivity contribution >= 4 is 5.97 Å². The highest BCUT2D eigenvalue weighted by Gasteiger charge is 2.46. The Balaban J connectivity index is 1.85. The quantitative estimate of drug-likeness (QED) is 0.821. The third kappa shape index (κ3) is 2.94. The van der Waals surface area contributed by atoms with Crippen molar-refractivity contribution in [2.24, 2.45) is 0 Å². The van der Waals surface area contributed by atoms with E-state index in [0.29, 0.717) is 31.4 Å². The second-order valence-electron chi connectivity index (χ2n) is 6.33. The van der Waals surface area contributed by atoms with Crippen LogP contribution in [0.25, 0.3) is 0 Å². The maximum atomic E-state index is 12.7. The van der Waals surface area contributed by atoms with Crippen LogP contribution in [0, 0.1) is 0 Å². The molecule has 1 atom stereocenters. The van der Waals surface area contributed by atoms with Gasteiger partial charge in [-0.05, 0) is 30.9 Å². The summed E-state index contributed by atoms with van der Waals surface area (Å²) in [5.41, 5.74) is 1.30. The van der Waals surface area contributed by atoms with Crippen molar-refractivity contribution in [3.8, 4) is 0 Å². The standard InChI is InChI=1S/C18H23N3O3/c1-4-23-17(22)18(10-9-13-7-5-6-8-14(13)18)19-11-15-20-21-16(24-15)12(2)3/h5-8,12,19H,4,9-11H2,1-3H3/t18-/m0/s1. The fraction of sp³-hybridized carbons (Fsp3) is 0.500. The lowest BCUT2D eigenvalue weighted by atomic mass is 9.91. The lowest BCUT2D eigenvalue weighted by molar-refractivity contribution is -0.152.